The van der Waals surface area contributed by atoms with Crippen LogP contribution in [0.1, 0.15) is 37.7 Å². The average Bonchev–Trinajstić information content (AvgIpc) is 2.53. The summed E-state index contributed by atoms with van der Waals surface area (Å²) < 4.78 is 2.80. The summed E-state index contributed by atoms with van der Waals surface area (Å²) in [7, 11) is 1.89. The highest BCUT2D eigenvalue weighted by molar-refractivity contribution is 9.10. The molecule has 1 heterocycles. The molecule has 0 radical (unpaired) electrons. The van der Waals surface area contributed by atoms with Crippen molar-refractivity contribution in [2.45, 2.75) is 33.2 Å². The van der Waals surface area contributed by atoms with Crippen LogP contribution in [-0.4, -0.2) is 28.0 Å². The highest BCUT2D eigenvalue weighted by Gasteiger charge is 2.20. The van der Waals surface area contributed by atoms with Gasteiger partial charge in [-0.2, -0.15) is 0 Å². The van der Waals surface area contributed by atoms with Crippen LogP contribution < -0.4 is 0 Å². The summed E-state index contributed by atoms with van der Waals surface area (Å²) in [6.07, 6.45) is 2.88. The molecule has 0 aliphatic carbocycles. The molecule has 16 heavy (non-hydrogen) atoms. The van der Waals surface area contributed by atoms with E-state index in [9.17, 15) is 4.79 Å². The molecule has 0 N–H and O–H groups in total. The number of carbonyl (C=O) groups is 1. The Hall–Kier alpha value is -0.770. The van der Waals surface area contributed by atoms with Crippen molar-refractivity contribution in [3.8, 4) is 0 Å². The first kappa shape index (κ1) is 13.3. The topological polar surface area (TPSA) is 25.2 Å². The maximum absolute atomic E-state index is 12.3. The summed E-state index contributed by atoms with van der Waals surface area (Å²) in [4.78, 5) is 14.2. The van der Waals surface area contributed by atoms with Gasteiger partial charge in [-0.3, -0.25) is 4.79 Å². The molecule has 0 atom stereocenters. The Morgan fingerprint density at radius 1 is 1.56 bits per heavy atom. The van der Waals surface area contributed by atoms with E-state index >= 15 is 0 Å². The van der Waals surface area contributed by atoms with Gasteiger partial charge in [-0.25, -0.2) is 0 Å². The largest absolute Gasteiger partial charge is 0.345 e. The van der Waals surface area contributed by atoms with Crippen molar-refractivity contribution in [3.63, 3.8) is 0 Å². The monoisotopic (exact) mass is 286 g/mol. The van der Waals surface area contributed by atoms with Crippen LogP contribution in [0.5, 0.6) is 0 Å². The first-order valence-electron chi connectivity index (χ1n) is 5.60. The standard InChI is InChI=1S/C12H19BrN2O/c1-5-6-15(9(2)3)12(16)11-7-10(13)8-14(11)4/h7-9H,5-6H2,1-4H3. The van der Waals surface area contributed by atoms with Gasteiger partial charge in [0.2, 0.25) is 0 Å². The summed E-state index contributed by atoms with van der Waals surface area (Å²) in [6, 6.07) is 2.11. The van der Waals surface area contributed by atoms with Crippen molar-refractivity contribution in [3.05, 3.63) is 22.4 Å². The maximum atomic E-state index is 12.3. The predicted octanol–water partition coefficient (Wildman–Crippen LogP) is 3.05. The van der Waals surface area contributed by atoms with Gasteiger partial charge in [0.15, 0.2) is 0 Å². The highest BCUT2D eigenvalue weighted by atomic mass is 79.9. The smallest absolute Gasteiger partial charge is 0.270 e. The lowest BCUT2D eigenvalue weighted by Gasteiger charge is -2.26. The van der Waals surface area contributed by atoms with E-state index in [0.29, 0.717) is 0 Å². The molecule has 1 amide bonds. The molecule has 1 aromatic rings. The molecule has 0 spiro atoms. The van der Waals surface area contributed by atoms with Crippen LogP contribution >= 0.6 is 15.9 Å². The average molecular weight is 287 g/mol. The number of nitrogens with zero attached hydrogens (tertiary/aromatic N) is 2. The van der Waals surface area contributed by atoms with Crippen LogP contribution in [0.2, 0.25) is 0 Å². The Morgan fingerprint density at radius 2 is 2.19 bits per heavy atom. The molecule has 0 fully saturated rings. The lowest BCUT2D eigenvalue weighted by Crippen LogP contribution is -2.38. The van der Waals surface area contributed by atoms with Gasteiger partial charge >= 0.3 is 0 Å². The Kier molecular flexibility index (Phi) is 4.59. The van der Waals surface area contributed by atoms with Crippen molar-refractivity contribution in [1.82, 2.24) is 9.47 Å². The molecule has 90 valence electrons. The second-order valence-corrected chi connectivity index (χ2v) is 5.16. The fourth-order valence-corrected chi connectivity index (χ4v) is 2.24. The van der Waals surface area contributed by atoms with Gasteiger partial charge in [-0.15, -0.1) is 0 Å². The maximum Gasteiger partial charge on any atom is 0.270 e. The number of aryl methyl sites for hydroxylation is 1. The van der Waals surface area contributed by atoms with Crippen molar-refractivity contribution < 1.29 is 4.79 Å². The molecule has 1 aromatic heterocycles. The van der Waals surface area contributed by atoms with E-state index in [1.165, 1.54) is 0 Å². The van der Waals surface area contributed by atoms with Gasteiger partial charge in [0.1, 0.15) is 5.69 Å². The van der Waals surface area contributed by atoms with Crippen molar-refractivity contribution in [1.29, 1.82) is 0 Å². The molecule has 0 aromatic carbocycles. The number of halogens is 1. The Balaban J connectivity index is 2.94. The third-order valence-corrected chi connectivity index (χ3v) is 2.97. The van der Waals surface area contributed by atoms with E-state index in [1.807, 2.05) is 42.6 Å². The van der Waals surface area contributed by atoms with Crippen LogP contribution in [0.15, 0.2) is 16.7 Å². The zero-order valence-corrected chi connectivity index (χ0v) is 11.9. The second kappa shape index (κ2) is 5.53. The fourth-order valence-electron chi connectivity index (χ4n) is 1.72. The van der Waals surface area contributed by atoms with Crippen molar-refractivity contribution in [2.24, 2.45) is 7.05 Å². The van der Waals surface area contributed by atoms with Crippen LogP contribution in [0.4, 0.5) is 0 Å². The van der Waals surface area contributed by atoms with E-state index in [1.54, 1.807) is 0 Å². The van der Waals surface area contributed by atoms with E-state index in [-0.39, 0.29) is 11.9 Å². The van der Waals surface area contributed by atoms with E-state index in [2.05, 4.69) is 22.9 Å². The molecular weight excluding hydrogens is 268 g/mol. The number of carbonyl (C=O) groups excluding carboxylic acids is 1. The van der Waals surface area contributed by atoms with Gasteiger partial charge < -0.3 is 9.47 Å². The number of rotatable bonds is 4. The molecule has 4 heteroatoms. The number of hydrogen-bond donors (Lipinski definition) is 0. The van der Waals surface area contributed by atoms with Crippen LogP contribution in [0.3, 0.4) is 0 Å². The molecule has 0 aliphatic heterocycles. The fraction of sp³-hybridized carbons (Fsp3) is 0.583. The number of hydrogen-bond acceptors (Lipinski definition) is 1. The van der Waals surface area contributed by atoms with Crippen LogP contribution in [-0.2, 0) is 7.05 Å². The molecule has 0 bridgehead atoms. The summed E-state index contributed by atoms with van der Waals surface area (Å²) in [5.74, 6) is 0.102. The Labute approximate surface area is 106 Å². The van der Waals surface area contributed by atoms with Crippen molar-refractivity contribution >= 4 is 21.8 Å². The summed E-state index contributed by atoms with van der Waals surface area (Å²) in [6.45, 7) is 6.99. The lowest BCUT2D eigenvalue weighted by atomic mass is 10.2. The van der Waals surface area contributed by atoms with E-state index < -0.39 is 0 Å². The van der Waals surface area contributed by atoms with Crippen molar-refractivity contribution in [2.75, 3.05) is 6.54 Å². The molecule has 0 saturated carbocycles. The SMILES string of the molecule is CCCN(C(=O)c1cc(Br)cn1C)C(C)C. The lowest BCUT2D eigenvalue weighted by molar-refractivity contribution is 0.0696. The molecule has 3 nitrogen and oxygen atoms in total. The van der Waals surface area contributed by atoms with Gasteiger partial charge in [0.05, 0.1) is 0 Å². The third-order valence-electron chi connectivity index (χ3n) is 2.54. The molecular formula is C12H19BrN2O. The molecule has 0 saturated heterocycles. The minimum atomic E-state index is 0.102. The van der Waals surface area contributed by atoms with Gasteiger partial charge in [0, 0.05) is 30.3 Å². The first-order chi connectivity index (χ1) is 7.47. The zero-order chi connectivity index (χ0) is 12.3. The molecule has 0 unspecified atom stereocenters. The third kappa shape index (κ3) is 2.88. The predicted molar refractivity (Wildman–Crippen MR) is 69.6 cm³/mol. The molecule has 1 rings (SSSR count). The molecule has 0 aliphatic rings. The van der Waals surface area contributed by atoms with Gasteiger partial charge in [-0.05, 0) is 42.3 Å². The quantitative estimate of drug-likeness (QED) is 0.835. The van der Waals surface area contributed by atoms with Gasteiger partial charge in [-0.1, -0.05) is 6.92 Å². The zero-order valence-electron chi connectivity index (χ0n) is 10.3. The second-order valence-electron chi connectivity index (χ2n) is 4.25. The Bertz CT molecular complexity index is 371. The van der Waals surface area contributed by atoms with E-state index in [0.717, 1.165) is 23.1 Å². The van der Waals surface area contributed by atoms with Crippen LogP contribution in [0, 0.1) is 0 Å². The van der Waals surface area contributed by atoms with Crippen LogP contribution in [0.25, 0.3) is 0 Å². The minimum absolute atomic E-state index is 0.102. The highest BCUT2D eigenvalue weighted by Crippen LogP contribution is 2.16. The summed E-state index contributed by atoms with van der Waals surface area (Å²) in [5.41, 5.74) is 0.731. The first-order valence-corrected chi connectivity index (χ1v) is 6.39. The normalized spacial score (nSPS) is 10.9. The summed E-state index contributed by atoms with van der Waals surface area (Å²) >= 11 is 3.38. The van der Waals surface area contributed by atoms with E-state index in [4.69, 9.17) is 0 Å². The summed E-state index contributed by atoms with van der Waals surface area (Å²) in [5, 5.41) is 0. The van der Waals surface area contributed by atoms with Gasteiger partial charge in [0.25, 0.3) is 5.91 Å². The number of amides is 1. The number of aromatic nitrogens is 1. The minimum Gasteiger partial charge on any atom is -0.345 e. The Morgan fingerprint density at radius 3 is 2.56 bits per heavy atom.